The van der Waals surface area contributed by atoms with Crippen molar-refractivity contribution in [1.29, 1.82) is 0 Å². The highest BCUT2D eigenvalue weighted by molar-refractivity contribution is 9.09. The minimum Gasteiger partial charge on any atom is -0.487 e. The van der Waals surface area contributed by atoms with Crippen molar-refractivity contribution in [2.45, 2.75) is 43.7 Å². The molecule has 2 aliphatic rings. The molecule has 1 aromatic carbocycles. The monoisotopic (exact) mass is 323 g/mol. The van der Waals surface area contributed by atoms with Crippen LogP contribution in [0.15, 0.2) is 24.3 Å². The highest BCUT2D eigenvalue weighted by Crippen LogP contribution is 2.48. The van der Waals surface area contributed by atoms with Gasteiger partial charge in [0.15, 0.2) is 0 Å². The Hall–Kier alpha value is -1.03. The zero-order valence-corrected chi connectivity index (χ0v) is 12.6. The van der Waals surface area contributed by atoms with Crippen LogP contribution in [-0.4, -0.2) is 22.9 Å². The lowest BCUT2D eigenvalue weighted by atomic mass is 9.71. The Morgan fingerprint density at radius 1 is 1.47 bits per heavy atom. The second-order valence-corrected chi connectivity index (χ2v) is 6.39. The molecule has 0 radical (unpaired) electrons. The number of fused-ring (bicyclic) bond motifs is 4. The van der Waals surface area contributed by atoms with E-state index in [0.29, 0.717) is 11.2 Å². The van der Waals surface area contributed by atoms with Crippen molar-refractivity contribution in [3.05, 3.63) is 29.8 Å². The smallest absolute Gasteiger partial charge is 0.230 e. The van der Waals surface area contributed by atoms with Gasteiger partial charge in [-0.3, -0.25) is 4.79 Å². The number of rotatable bonds is 2. The standard InChI is InChI=1S/C15H18BrNO2/c1-15-7-10(6-11(8-15)17-14(18)9-16)12-4-2-3-5-13(12)19-15/h2-5,10-11H,6-9H2,1H3,(H,17,18). The van der Waals surface area contributed by atoms with Gasteiger partial charge >= 0.3 is 0 Å². The fraction of sp³-hybridized carbons (Fsp3) is 0.533. The normalized spacial score (nSPS) is 32.1. The van der Waals surface area contributed by atoms with E-state index in [1.165, 1.54) is 5.56 Å². The van der Waals surface area contributed by atoms with E-state index in [1.54, 1.807) is 0 Å². The van der Waals surface area contributed by atoms with Crippen LogP contribution in [0.25, 0.3) is 0 Å². The van der Waals surface area contributed by atoms with Crippen LogP contribution < -0.4 is 10.1 Å². The molecule has 3 atom stereocenters. The molecular weight excluding hydrogens is 306 g/mol. The summed E-state index contributed by atoms with van der Waals surface area (Å²) in [5.41, 5.74) is 1.14. The number of alkyl halides is 1. The third-order valence-electron chi connectivity index (χ3n) is 4.13. The fourth-order valence-electron chi connectivity index (χ4n) is 3.51. The summed E-state index contributed by atoms with van der Waals surface area (Å²) in [5.74, 6) is 1.57. The molecule has 1 N–H and O–H groups in total. The van der Waals surface area contributed by atoms with Crippen molar-refractivity contribution in [3.63, 3.8) is 0 Å². The van der Waals surface area contributed by atoms with E-state index in [0.717, 1.165) is 25.0 Å². The van der Waals surface area contributed by atoms with Crippen LogP contribution in [0.1, 0.15) is 37.7 Å². The predicted octanol–water partition coefficient (Wildman–Crippen LogP) is 2.98. The maximum atomic E-state index is 11.6. The van der Waals surface area contributed by atoms with Gasteiger partial charge in [-0.2, -0.15) is 0 Å². The maximum Gasteiger partial charge on any atom is 0.230 e. The molecule has 1 heterocycles. The molecule has 3 nitrogen and oxygen atoms in total. The van der Waals surface area contributed by atoms with Gasteiger partial charge in [0.1, 0.15) is 11.4 Å². The summed E-state index contributed by atoms with van der Waals surface area (Å²) in [6.07, 6.45) is 2.94. The summed E-state index contributed by atoms with van der Waals surface area (Å²) >= 11 is 3.20. The van der Waals surface area contributed by atoms with E-state index in [9.17, 15) is 4.79 Å². The van der Waals surface area contributed by atoms with Crippen LogP contribution >= 0.6 is 15.9 Å². The van der Waals surface area contributed by atoms with Crippen molar-refractivity contribution in [2.24, 2.45) is 0 Å². The minimum atomic E-state index is -0.151. The van der Waals surface area contributed by atoms with Gasteiger partial charge in [0, 0.05) is 12.5 Å². The van der Waals surface area contributed by atoms with Crippen LogP contribution in [0, 0.1) is 0 Å². The van der Waals surface area contributed by atoms with Gasteiger partial charge in [-0.05, 0) is 37.3 Å². The number of carbonyl (C=O) groups excluding carboxylic acids is 1. The van der Waals surface area contributed by atoms with Crippen molar-refractivity contribution in [3.8, 4) is 5.75 Å². The summed E-state index contributed by atoms with van der Waals surface area (Å²) in [7, 11) is 0. The molecule has 102 valence electrons. The van der Waals surface area contributed by atoms with E-state index in [4.69, 9.17) is 4.74 Å². The van der Waals surface area contributed by atoms with E-state index in [1.807, 2.05) is 6.07 Å². The summed E-state index contributed by atoms with van der Waals surface area (Å²) < 4.78 is 6.17. The number of halogens is 1. The Kier molecular flexibility index (Phi) is 3.29. The molecule has 1 fully saturated rings. The first kappa shape index (κ1) is 13.0. The average molecular weight is 324 g/mol. The van der Waals surface area contributed by atoms with Crippen molar-refractivity contribution < 1.29 is 9.53 Å². The Morgan fingerprint density at radius 3 is 3.05 bits per heavy atom. The summed E-state index contributed by atoms with van der Waals surface area (Å²) in [5, 5.41) is 3.45. The van der Waals surface area contributed by atoms with Crippen LogP contribution in [0.5, 0.6) is 5.75 Å². The molecule has 4 heteroatoms. The Morgan fingerprint density at radius 2 is 2.26 bits per heavy atom. The topological polar surface area (TPSA) is 38.3 Å². The molecule has 3 unspecified atom stereocenters. The van der Waals surface area contributed by atoms with Gasteiger partial charge in [0.2, 0.25) is 5.91 Å². The molecule has 1 aliphatic heterocycles. The van der Waals surface area contributed by atoms with Gasteiger partial charge in [0.25, 0.3) is 0 Å². The number of hydrogen-bond donors (Lipinski definition) is 1. The summed E-state index contributed by atoms with van der Waals surface area (Å²) in [6.45, 7) is 2.16. The van der Waals surface area contributed by atoms with Crippen molar-refractivity contribution >= 4 is 21.8 Å². The highest BCUT2D eigenvalue weighted by atomic mass is 79.9. The molecule has 1 aliphatic carbocycles. The summed E-state index contributed by atoms with van der Waals surface area (Å²) in [6, 6.07) is 8.49. The lowest BCUT2D eigenvalue weighted by Gasteiger charge is -2.47. The van der Waals surface area contributed by atoms with Gasteiger partial charge in [-0.15, -0.1) is 0 Å². The average Bonchev–Trinajstić information content (AvgIpc) is 2.37. The Labute approximate surface area is 121 Å². The number of para-hydroxylation sites is 1. The zero-order chi connectivity index (χ0) is 13.5. The Bertz CT molecular complexity index is 505. The number of carbonyl (C=O) groups is 1. The number of amides is 1. The first-order chi connectivity index (χ1) is 9.09. The van der Waals surface area contributed by atoms with Crippen LogP contribution in [-0.2, 0) is 4.79 Å². The number of hydrogen-bond acceptors (Lipinski definition) is 2. The van der Waals surface area contributed by atoms with Crippen LogP contribution in [0.3, 0.4) is 0 Å². The maximum absolute atomic E-state index is 11.6. The largest absolute Gasteiger partial charge is 0.487 e. The minimum absolute atomic E-state index is 0.0573. The number of benzene rings is 1. The first-order valence-electron chi connectivity index (χ1n) is 6.73. The number of ether oxygens (including phenoxy) is 1. The zero-order valence-electron chi connectivity index (χ0n) is 11.0. The Balaban J connectivity index is 1.85. The second kappa shape index (κ2) is 4.82. The van der Waals surface area contributed by atoms with E-state index >= 15 is 0 Å². The second-order valence-electron chi connectivity index (χ2n) is 5.83. The summed E-state index contributed by atoms with van der Waals surface area (Å²) in [4.78, 5) is 11.6. The number of nitrogens with one attached hydrogen (secondary N) is 1. The molecule has 2 bridgehead atoms. The van der Waals surface area contributed by atoms with Gasteiger partial charge in [0.05, 0.1) is 5.33 Å². The third kappa shape index (κ3) is 2.50. The van der Waals surface area contributed by atoms with Gasteiger partial charge in [-0.1, -0.05) is 34.1 Å². The SMILES string of the molecule is CC12CC(NC(=O)CBr)CC(C1)c1ccccc1O2. The van der Waals surface area contributed by atoms with Crippen molar-refractivity contribution in [1.82, 2.24) is 5.32 Å². The van der Waals surface area contributed by atoms with E-state index < -0.39 is 0 Å². The molecule has 19 heavy (non-hydrogen) atoms. The van der Waals surface area contributed by atoms with E-state index in [2.05, 4.69) is 46.4 Å². The van der Waals surface area contributed by atoms with Gasteiger partial charge in [-0.25, -0.2) is 0 Å². The quantitative estimate of drug-likeness (QED) is 0.850. The lowest BCUT2D eigenvalue weighted by Crippen LogP contribution is -2.51. The molecular formula is C15H18BrNO2. The molecule has 0 saturated heterocycles. The highest BCUT2D eigenvalue weighted by Gasteiger charge is 2.44. The first-order valence-corrected chi connectivity index (χ1v) is 7.85. The molecule has 0 aromatic heterocycles. The molecule has 1 amide bonds. The molecule has 1 aromatic rings. The predicted molar refractivity (Wildman–Crippen MR) is 77.8 cm³/mol. The van der Waals surface area contributed by atoms with Crippen LogP contribution in [0.2, 0.25) is 0 Å². The lowest BCUT2D eigenvalue weighted by molar-refractivity contribution is -0.120. The van der Waals surface area contributed by atoms with Crippen LogP contribution in [0.4, 0.5) is 0 Å². The van der Waals surface area contributed by atoms with E-state index in [-0.39, 0.29) is 17.6 Å². The third-order valence-corrected chi connectivity index (χ3v) is 4.64. The molecule has 3 rings (SSSR count). The van der Waals surface area contributed by atoms with Crippen molar-refractivity contribution in [2.75, 3.05) is 5.33 Å². The molecule has 1 saturated carbocycles. The molecule has 0 spiro atoms. The fourth-order valence-corrected chi connectivity index (χ4v) is 3.67. The van der Waals surface area contributed by atoms with Gasteiger partial charge < -0.3 is 10.1 Å².